The van der Waals surface area contributed by atoms with Crippen molar-refractivity contribution in [3.63, 3.8) is 0 Å². The molecule has 3 rings (SSSR count). The lowest BCUT2D eigenvalue weighted by molar-refractivity contribution is 0.102. The van der Waals surface area contributed by atoms with Crippen LogP contribution < -0.4 is 5.32 Å². The van der Waals surface area contributed by atoms with Crippen LogP contribution in [0.5, 0.6) is 0 Å². The van der Waals surface area contributed by atoms with Gasteiger partial charge in [-0.25, -0.2) is 0 Å². The minimum absolute atomic E-state index is 0.0349. The van der Waals surface area contributed by atoms with Gasteiger partial charge in [-0.05, 0) is 30.0 Å². The number of carbonyl (C=O) groups excluding carboxylic acids is 1. The molecule has 0 unspecified atom stereocenters. The fourth-order valence-electron chi connectivity index (χ4n) is 1.87. The number of thioether (sulfide) groups is 1. The molecule has 0 radical (unpaired) electrons. The third-order valence-electron chi connectivity index (χ3n) is 2.81. The van der Waals surface area contributed by atoms with E-state index in [2.05, 4.69) is 15.5 Å². The van der Waals surface area contributed by atoms with Gasteiger partial charge < -0.3 is 8.83 Å². The van der Waals surface area contributed by atoms with E-state index in [0.717, 1.165) is 10.6 Å². The van der Waals surface area contributed by atoms with Crippen molar-refractivity contribution in [1.29, 1.82) is 0 Å². The van der Waals surface area contributed by atoms with Crippen molar-refractivity contribution in [1.82, 2.24) is 10.2 Å². The zero-order valence-electron chi connectivity index (χ0n) is 11.8. The Kier molecular flexibility index (Phi) is 4.24. The summed E-state index contributed by atoms with van der Waals surface area (Å²) in [6, 6.07) is 10.8. The third-order valence-corrected chi connectivity index (χ3v) is 3.76. The normalized spacial score (nSPS) is 10.6. The molecular formula is C15H13N3O3S. The number of aromatic nitrogens is 2. The Morgan fingerprint density at radius 2 is 2.09 bits per heavy atom. The van der Waals surface area contributed by atoms with Gasteiger partial charge in [-0.1, -0.05) is 24.2 Å². The highest BCUT2D eigenvalue weighted by Crippen LogP contribution is 2.24. The maximum Gasteiger partial charge on any atom is 0.322 e. The lowest BCUT2D eigenvalue weighted by Gasteiger charge is -2.06. The van der Waals surface area contributed by atoms with Crippen LogP contribution in [0.25, 0.3) is 11.7 Å². The van der Waals surface area contributed by atoms with E-state index >= 15 is 0 Å². The Balaban J connectivity index is 1.77. The number of nitrogens with one attached hydrogen (secondary N) is 1. The van der Waals surface area contributed by atoms with Crippen LogP contribution >= 0.6 is 11.8 Å². The first-order chi connectivity index (χ1) is 10.8. The van der Waals surface area contributed by atoms with Crippen LogP contribution in [0.4, 0.5) is 6.01 Å². The standard InChI is InChI=1S/C15H13N3O3S/c1-2-22-12-8-4-3-6-10(12)13(19)16-15-18-17-14(21-15)11-7-5-9-20-11/h3-9H,2H2,1H3,(H,16,18,19). The number of hydrogen-bond donors (Lipinski definition) is 1. The number of nitrogens with zero attached hydrogens (tertiary/aromatic N) is 2. The highest BCUT2D eigenvalue weighted by Gasteiger charge is 2.16. The molecule has 0 aliphatic carbocycles. The molecule has 0 saturated carbocycles. The number of benzene rings is 1. The van der Waals surface area contributed by atoms with Crippen LogP contribution in [0.15, 0.2) is 56.4 Å². The van der Waals surface area contributed by atoms with Gasteiger partial charge in [-0.3, -0.25) is 10.1 Å². The van der Waals surface area contributed by atoms with Gasteiger partial charge >= 0.3 is 6.01 Å². The molecule has 0 saturated heterocycles. The number of hydrogen-bond acceptors (Lipinski definition) is 6. The van der Waals surface area contributed by atoms with Crippen molar-refractivity contribution in [2.75, 3.05) is 11.1 Å². The van der Waals surface area contributed by atoms with Crippen LogP contribution in [0, 0.1) is 0 Å². The average molecular weight is 315 g/mol. The molecular weight excluding hydrogens is 302 g/mol. The van der Waals surface area contributed by atoms with Crippen LogP contribution in [0.2, 0.25) is 0 Å². The number of carbonyl (C=O) groups is 1. The second kappa shape index (κ2) is 6.48. The predicted molar refractivity (Wildman–Crippen MR) is 82.8 cm³/mol. The second-order valence-electron chi connectivity index (χ2n) is 4.27. The lowest BCUT2D eigenvalue weighted by atomic mass is 10.2. The molecule has 0 aliphatic rings. The average Bonchev–Trinajstić information content (AvgIpc) is 3.19. The minimum atomic E-state index is -0.286. The van der Waals surface area contributed by atoms with Crippen LogP contribution in [0.3, 0.4) is 0 Å². The molecule has 0 aliphatic heterocycles. The van der Waals surface area contributed by atoms with Crippen LogP contribution in [-0.4, -0.2) is 21.9 Å². The second-order valence-corrected chi connectivity index (χ2v) is 5.58. The first-order valence-electron chi connectivity index (χ1n) is 6.68. The molecule has 112 valence electrons. The lowest BCUT2D eigenvalue weighted by Crippen LogP contribution is -2.13. The molecule has 2 heterocycles. The van der Waals surface area contributed by atoms with E-state index in [1.54, 1.807) is 30.0 Å². The highest BCUT2D eigenvalue weighted by atomic mass is 32.2. The van der Waals surface area contributed by atoms with E-state index in [-0.39, 0.29) is 17.8 Å². The molecule has 2 aromatic heterocycles. The topological polar surface area (TPSA) is 81.2 Å². The molecule has 0 atom stereocenters. The summed E-state index contributed by atoms with van der Waals surface area (Å²) in [5.41, 5.74) is 0.576. The Bertz CT molecular complexity index is 768. The summed E-state index contributed by atoms with van der Waals surface area (Å²) >= 11 is 1.60. The van der Waals surface area contributed by atoms with E-state index in [9.17, 15) is 4.79 Å². The zero-order valence-corrected chi connectivity index (χ0v) is 12.6. The quantitative estimate of drug-likeness (QED) is 0.723. The van der Waals surface area contributed by atoms with Crippen molar-refractivity contribution in [2.24, 2.45) is 0 Å². The molecule has 1 N–H and O–H groups in total. The Hall–Kier alpha value is -2.54. The van der Waals surface area contributed by atoms with E-state index in [0.29, 0.717) is 11.3 Å². The third kappa shape index (κ3) is 3.04. The highest BCUT2D eigenvalue weighted by molar-refractivity contribution is 7.99. The number of rotatable bonds is 5. The Labute approximate surface area is 130 Å². The van der Waals surface area contributed by atoms with Crippen molar-refractivity contribution in [3.05, 3.63) is 48.2 Å². The monoisotopic (exact) mass is 315 g/mol. The summed E-state index contributed by atoms with van der Waals surface area (Å²) in [4.78, 5) is 13.2. The van der Waals surface area contributed by atoms with Gasteiger partial charge in [0.1, 0.15) is 0 Å². The maximum absolute atomic E-state index is 12.3. The molecule has 0 spiro atoms. The van der Waals surface area contributed by atoms with E-state index in [1.165, 1.54) is 6.26 Å². The molecule has 1 aromatic carbocycles. The van der Waals surface area contributed by atoms with E-state index in [4.69, 9.17) is 8.83 Å². The largest absolute Gasteiger partial charge is 0.459 e. The number of anilines is 1. The molecule has 6 nitrogen and oxygen atoms in total. The first kappa shape index (κ1) is 14.4. The summed E-state index contributed by atoms with van der Waals surface area (Å²) in [6.07, 6.45) is 1.51. The number of amides is 1. The van der Waals surface area contributed by atoms with Gasteiger partial charge in [0.05, 0.1) is 11.8 Å². The summed E-state index contributed by atoms with van der Waals surface area (Å²) in [7, 11) is 0. The van der Waals surface area contributed by atoms with E-state index < -0.39 is 0 Å². The maximum atomic E-state index is 12.3. The first-order valence-corrected chi connectivity index (χ1v) is 7.67. The van der Waals surface area contributed by atoms with Crippen molar-refractivity contribution in [2.45, 2.75) is 11.8 Å². The van der Waals surface area contributed by atoms with Crippen molar-refractivity contribution >= 4 is 23.7 Å². The molecule has 3 aromatic rings. The van der Waals surface area contributed by atoms with Gasteiger partial charge in [-0.2, -0.15) is 0 Å². The molecule has 1 amide bonds. The van der Waals surface area contributed by atoms with Gasteiger partial charge in [-0.15, -0.1) is 16.9 Å². The van der Waals surface area contributed by atoms with Crippen molar-refractivity contribution in [3.8, 4) is 11.7 Å². The van der Waals surface area contributed by atoms with Crippen molar-refractivity contribution < 1.29 is 13.6 Å². The molecule has 0 fully saturated rings. The van der Waals surface area contributed by atoms with Crippen LogP contribution in [-0.2, 0) is 0 Å². The summed E-state index contributed by atoms with van der Waals surface area (Å²) in [5, 5.41) is 10.2. The summed E-state index contributed by atoms with van der Waals surface area (Å²) in [5.74, 6) is 1.27. The zero-order chi connectivity index (χ0) is 15.4. The Morgan fingerprint density at radius 3 is 2.86 bits per heavy atom. The van der Waals surface area contributed by atoms with Gasteiger partial charge in [0.2, 0.25) is 0 Å². The summed E-state index contributed by atoms with van der Waals surface area (Å²) in [6.45, 7) is 2.03. The van der Waals surface area contributed by atoms with Gasteiger partial charge in [0, 0.05) is 4.90 Å². The molecule has 22 heavy (non-hydrogen) atoms. The molecule has 7 heteroatoms. The van der Waals surface area contributed by atoms with Gasteiger partial charge in [0.25, 0.3) is 11.8 Å². The SMILES string of the molecule is CCSc1ccccc1C(=O)Nc1nnc(-c2ccco2)o1. The smallest absolute Gasteiger partial charge is 0.322 e. The van der Waals surface area contributed by atoms with E-state index in [1.807, 2.05) is 25.1 Å². The number of furan rings is 1. The fourth-order valence-corrected chi connectivity index (χ4v) is 2.68. The van der Waals surface area contributed by atoms with Gasteiger partial charge in [0.15, 0.2) is 5.76 Å². The Morgan fingerprint density at radius 1 is 1.23 bits per heavy atom. The predicted octanol–water partition coefficient (Wildman–Crippen LogP) is 3.69. The van der Waals surface area contributed by atoms with Crippen LogP contribution in [0.1, 0.15) is 17.3 Å². The fraction of sp³-hybridized carbons (Fsp3) is 0.133. The summed E-state index contributed by atoms with van der Waals surface area (Å²) < 4.78 is 10.5. The molecule has 0 bridgehead atoms. The minimum Gasteiger partial charge on any atom is -0.459 e.